The van der Waals surface area contributed by atoms with E-state index in [1.807, 2.05) is 0 Å². The molecular formula is C21H16ClFN4O3. The van der Waals surface area contributed by atoms with Crippen LogP contribution in [0.2, 0.25) is 5.02 Å². The van der Waals surface area contributed by atoms with Crippen LogP contribution in [0.1, 0.15) is 27.6 Å². The number of oxazole rings is 1. The monoisotopic (exact) mass is 426 g/mol. The van der Waals surface area contributed by atoms with Gasteiger partial charge in [-0.25, -0.2) is 18.9 Å². The van der Waals surface area contributed by atoms with E-state index in [9.17, 15) is 9.18 Å². The lowest BCUT2D eigenvalue weighted by atomic mass is 10.2. The van der Waals surface area contributed by atoms with E-state index < -0.39 is 11.8 Å². The number of rotatable bonds is 5. The lowest BCUT2D eigenvalue weighted by Crippen LogP contribution is -2.09. The van der Waals surface area contributed by atoms with Crippen molar-refractivity contribution >= 4 is 17.6 Å². The number of esters is 1. The third-order valence-corrected chi connectivity index (χ3v) is 4.72. The van der Waals surface area contributed by atoms with Gasteiger partial charge in [-0.05, 0) is 56.3 Å². The van der Waals surface area contributed by atoms with E-state index in [-0.39, 0.29) is 12.3 Å². The van der Waals surface area contributed by atoms with Gasteiger partial charge in [-0.15, -0.1) is 5.10 Å². The predicted octanol–water partition coefficient (Wildman–Crippen LogP) is 4.69. The number of carbonyl (C=O) groups excluding carboxylic acids is 1. The minimum absolute atomic E-state index is 0.0401. The highest BCUT2D eigenvalue weighted by Crippen LogP contribution is 2.24. The maximum atomic E-state index is 13.5. The summed E-state index contributed by atoms with van der Waals surface area (Å²) in [6.45, 7) is 3.30. The van der Waals surface area contributed by atoms with Crippen LogP contribution in [-0.2, 0) is 11.3 Å². The van der Waals surface area contributed by atoms with E-state index in [0.717, 1.165) is 5.56 Å². The molecule has 2 heterocycles. The van der Waals surface area contributed by atoms with Gasteiger partial charge in [-0.3, -0.25) is 0 Å². The Labute approximate surface area is 176 Å². The normalized spacial score (nSPS) is 10.9. The third kappa shape index (κ3) is 3.95. The fourth-order valence-corrected chi connectivity index (χ4v) is 2.98. The smallest absolute Gasteiger partial charge is 0.361 e. The lowest BCUT2D eigenvalue weighted by Gasteiger charge is -2.04. The van der Waals surface area contributed by atoms with E-state index in [4.69, 9.17) is 20.8 Å². The Hall–Kier alpha value is -3.52. The van der Waals surface area contributed by atoms with Gasteiger partial charge in [-0.2, -0.15) is 0 Å². The number of benzene rings is 2. The molecule has 0 amide bonds. The first-order valence-corrected chi connectivity index (χ1v) is 9.38. The van der Waals surface area contributed by atoms with Gasteiger partial charge in [-0.1, -0.05) is 22.9 Å². The van der Waals surface area contributed by atoms with Gasteiger partial charge in [0.25, 0.3) is 0 Å². The standard InChI is InChI=1S/C21H16ClFN4O3/c1-12-19(25-26-27(12)17-5-3-4-16(23)10-17)21(28)29-11-18-13(2)30-20(24-18)14-6-8-15(22)9-7-14/h3-10H,11H2,1-2H3. The Kier molecular flexibility index (Phi) is 5.33. The topological polar surface area (TPSA) is 83.0 Å². The Balaban J connectivity index is 1.49. The van der Waals surface area contributed by atoms with Gasteiger partial charge >= 0.3 is 5.97 Å². The van der Waals surface area contributed by atoms with Crippen molar-refractivity contribution in [1.82, 2.24) is 20.0 Å². The minimum atomic E-state index is -0.661. The van der Waals surface area contributed by atoms with E-state index in [1.165, 1.54) is 16.8 Å². The van der Waals surface area contributed by atoms with E-state index >= 15 is 0 Å². The molecule has 0 bridgehead atoms. The zero-order valence-electron chi connectivity index (χ0n) is 16.1. The fourth-order valence-electron chi connectivity index (χ4n) is 2.85. The molecule has 0 spiro atoms. The molecule has 0 saturated heterocycles. The van der Waals surface area contributed by atoms with Crippen LogP contribution in [0.4, 0.5) is 4.39 Å². The largest absolute Gasteiger partial charge is 0.454 e. The average molecular weight is 427 g/mol. The summed E-state index contributed by atoms with van der Waals surface area (Å²) in [5.41, 5.74) is 2.18. The summed E-state index contributed by atoms with van der Waals surface area (Å²) in [6.07, 6.45) is 0. The fraction of sp³-hybridized carbons (Fsp3) is 0.143. The molecule has 0 aliphatic heterocycles. The molecule has 4 rings (SSSR count). The Morgan fingerprint density at radius 1 is 1.20 bits per heavy atom. The van der Waals surface area contributed by atoms with Crippen LogP contribution in [-0.4, -0.2) is 25.9 Å². The molecule has 2 aromatic carbocycles. The van der Waals surface area contributed by atoms with Gasteiger partial charge in [0.2, 0.25) is 5.89 Å². The zero-order valence-corrected chi connectivity index (χ0v) is 16.9. The van der Waals surface area contributed by atoms with Crippen molar-refractivity contribution in [1.29, 1.82) is 0 Å². The van der Waals surface area contributed by atoms with Crippen LogP contribution >= 0.6 is 11.6 Å². The summed E-state index contributed by atoms with van der Waals surface area (Å²) >= 11 is 5.90. The van der Waals surface area contributed by atoms with Crippen LogP contribution in [0.25, 0.3) is 17.1 Å². The summed E-state index contributed by atoms with van der Waals surface area (Å²) in [5, 5.41) is 8.41. The first kappa shape index (κ1) is 19.8. The highest BCUT2D eigenvalue weighted by molar-refractivity contribution is 6.30. The maximum absolute atomic E-state index is 13.5. The Bertz CT molecular complexity index is 1220. The zero-order chi connectivity index (χ0) is 21.3. The van der Waals surface area contributed by atoms with Crippen molar-refractivity contribution < 1.29 is 18.3 Å². The molecule has 30 heavy (non-hydrogen) atoms. The van der Waals surface area contributed by atoms with Gasteiger partial charge in [0.05, 0.1) is 11.4 Å². The Morgan fingerprint density at radius 3 is 2.70 bits per heavy atom. The second-order valence-corrected chi connectivity index (χ2v) is 6.96. The van der Waals surface area contributed by atoms with Crippen LogP contribution in [0.5, 0.6) is 0 Å². The van der Waals surface area contributed by atoms with Crippen molar-refractivity contribution in [3.8, 4) is 17.1 Å². The summed E-state index contributed by atoms with van der Waals surface area (Å²) in [4.78, 5) is 16.9. The van der Waals surface area contributed by atoms with Crippen LogP contribution in [0.15, 0.2) is 52.9 Å². The molecule has 0 aliphatic rings. The summed E-state index contributed by atoms with van der Waals surface area (Å²) in [5.74, 6) is -0.133. The molecular weight excluding hydrogens is 411 g/mol. The number of carbonyl (C=O) groups is 1. The second kappa shape index (κ2) is 8.08. The second-order valence-electron chi connectivity index (χ2n) is 6.52. The molecule has 0 unspecified atom stereocenters. The highest BCUT2D eigenvalue weighted by Gasteiger charge is 2.20. The first-order chi connectivity index (χ1) is 14.4. The predicted molar refractivity (Wildman–Crippen MR) is 107 cm³/mol. The molecule has 7 nitrogen and oxygen atoms in total. The number of aryl methyl sites for hydroxylation is 1. The lowest BCUT2D eigenvalue weighted by molar-refractivity contribution is 0.0459. The summed E-state index contributed by atoms with van der Waals surface area (Å²) in [7, 11) is 0. The number of hydrogen-bond acceptors (Lipinski definition) is 6. The summed E-state index contributed by atoms with van der Waals surface area (Å²) < 4.78 is 25.8. The SMILES string of the molecule is Cc1oc(-c2ccc(Cl)cc2)nc1COC(=O)c1nnn(-c2cccc(F)c2)c1C. The maximum Gasteiger partial charge on any atom is 0.361 e. The van der Waals surface area contributed by atoms with Crippen molar-refractivity contribution in [2.45, 2.75) is 20.5 Å². The van der Waals surface area contributed by atoms with Gasteiger partial charge < -0.3 is 9.15 Å². The molecule has 2 aromatic heterocycles. The van der Waals surface area contributed by atoms with Gasteiger partial charge in [0.1, 0.15) is 23.9 Å². The number of nitrogens with zero attached hydrogens (tertiary/aromatic N) is 4. The molecule has 0 aliphatic carbocycles. The number of hydrogen-bond donors (Lipinski definition) is 0. The van der Waals surface area contributed by atoms with Crippen molar-refractivity contribution in [3.05, 3.63) is 82.2 Å². The quantitative estimate of drug-likeness (QED) is 0.430. The summed E-state index contributed by atoms with van der Waals surface area (Å²) in [6, 6.07) is 12.9. The molecule has 0 fully saturated rings. The Morgan fingerprint density at radius 2 is 1.97 bits per heavy atom. The first-order valence-electron chi connectivity index (χ1n) is 9.00. The minimum Gasteiger partial charge on any atom is -0.454 e. The van der Waals surface area contributed by atoms with Gasteiger partial charge in [0.15, 0.2) is 5.69 Å². The number of ether oxygens (including phenoxy) is 1. The highest BCUT2D eigenvalue weighted by atomic mass is 35.5. The number of aromatic nitrogens is 4. The van der Waals surface area contributed by atoms with E-state index in [1.54, 1.807) is 50.2 Å². The van der Waals surface area contributed by atoms with Crippen molar-refractivity contribution in [2.24, 2.45) is 0 Å². The van der Waals surface area contributed by atoms with Crippen LogP contribution in [0.3, 0.4) is 0 Å². The molecule has 0 atom stereocenters. The van der Waals surface area contributed by atoms with E-state index in [0.29, 0.717) is 33.7 Å². The van der Waals surface area contributed by atoms with Crippen LogP contribution in [0, 0.1) is 19.7 Å². The van der Waals surface area contributed by atoms with Crippen molar-refractivity contribution in [3.63, 3.8) is 0 Å². The third-order valence-electron chi connectivity index (χ3n) is 4.46. The van der Waals surface area contributed by atoms with Crippen LogP contribution < -0.4 is 0 Å². The average Bonchev–Trinajstić information content (AvgIpc) is 3.29. The molecule has 0 N–H and O–H groups in total. The molecule has 0 saturated carbocycles. The van der Waals surface area contributed by atoms with E-state index in [2.05, 4.69) is 15.3 Å². The van der Waals surface area contributed by atoms with Crippen molar-refractivity contribution in [2.75, 3.05) is 0 Å². The molecule has 9 heteroatoms. The molecule has 4 aromatic rings. The molecule has 152 valence electrons. The molecule has 0 radical (unpaired) electrons. The number of halogens is 2. The van der Waals surface area contributed by atoms with Gasteiger partial charge in [0, 0.05) is 10.6 Å².